The van der Waals surface area contributed by atoms with Crippen LogP contribution in [0.2, 0.25) is 0 Å². The first-order chi connectivity index (χ1) is 15.8. The zero-order chi connectivity index (χ0) is 23.2. The predicted octanol–water partition coefficient (Wildman–Crippen LogP) is 4.48. The molecule has 0 unspecified atom stereocenters. The molecule has 2 heterocycles. The highest BCUT2D eigenvalue weighted by Crippen LogP contribution is 2.29. The van der Waals surface area contributed by atoms with Crippen LogP contribution < -0.4 is 5.32 Å². The molecule has 0 spiro atoms. The van der Waals surface area contributed by atoms with Gasteiger partial charge in [-0.05, 0) is 55.3 Å². The van der Waals surface area contributed by atoms with Crippen LogP contribution in [0.15, 0.2) is 76.7 Å². The van der Waals surface area contributed by atoms with Gasteiger partial charge in [-0.25, -0.2) is 17.8 Å². The number of para-hydroxylation sites is 1. The van der Waals surface area contributed by atoms with E-state index in [1.54, 1.807) is 31.2 Å². The fraction of sp³-hybridized carbons (Fsp3) is 0.125. The van der Waals surface area contributed by atoms with Gasteiger partial charge in [-0.15, -0.1) is 5.10 Å². The number of benzene rings is 3. The summed E-state index contributed by atoms with van der Waals surface area (Å²) in [5, 5.41) is 11.9. The number of hydrogen-bond donors (Lipinski definition) is 1. The quantitative estimate of drug-likeness (QED) is 0.415. The minimum Gasteiger partial charge on any atom is -0.365 e. The normalized spacial score (nSPS) is 11.8. The van der Waals surface area contributed by atoms with Gasteiger partial charge < -0.3 is 5.32 Å². The van der Waals surface area contributed by atoms with E-state index in [0.29, 0.717) is 23.4 Å². The van der Waals surface area contributed by atoms with Gasteiger partial charge in [-0.1, -0.05) is 47.2 Å². The molecule has 166 valence electrons. The molecule has 0 fully saturated rings. The number of sulfone groups is 1. The van der Waals surface area contributed by atoms with Crippen molar-refractivity contribution in [3.05, 3.63) is 89.2 Å². The second kappa shape index (κ2) is 7.93. The van der Waals surface area contributed by atoms with Crippen LogP contribution in [0.3, 0.4) is 0 Å². The predicted molar refractivity (Wildman–Crippen MR) is 123 cm³/mol. The zero-order valence-electron chi connectivity index (χ0n) is 17.9. The highest BCUT2D eigenvalue weighted by atomic mass is 32.2. The first-order valence-corrected chi connectivity index (χ1v) is 11.8. The molecule has 1 N–H and O–H groups in total. The molecule has 0 aliphatic heterocycles. The number of hydrogen-bond acceptors (Lipinski definition) is 6. The minimum atomic E-state index is -3.95. The molecule has 0 radical (unpaired) electrons. The average molecular weight is 462 g/mol. The number of halogens is 1. The Bertz CT molecular complexity index is 1610. The van der Waals surface area contributed by atoms with Gasteiger partial charge >= 0.3 is 0 Å². The molecule has 0 bridgehead atoms. The molecule has 2 aromatic heterocycles. The van der Waals surface area contributed by atoms with Crippen molar-refractivity contribution < 1.29 is 12.8 Å². The molecule has 0 amide bonds. The summed E-state index contributed by atoms with van der Waals surface area (Å²) in [7, 11) is -3.95. The number of nitrogens with one attached hydrogen (secondary N) is 1. The van der Waals surface area contributed by atoms with Crippen molar-refractivity contribution in [3.63, 3.8) is 0 Å². The van der Waals surface area contributed by atoms with E-state index in [4.69, 9.17) is 0 Å². The summed E-state index contributed by atoms with van der Waals surface area (Å²) < 4.78 is 41.7. The lowest BCUT2D eigenvalue weighted by Crippen LogP contribution is -2.08. The third-order valence-electron chi connectivity index (χ3n) is 5.47. The minimum absolute atomic E-state index is 0.135. The Morgan fingerprint density at radius 1 is 1.00 bits per heavy atom. The Balaban J connectivity index is 1.66. The van der Waals surface area contributed by atoms with E-state index in [-0.39, 0.29) is 21.4 Å². The van der Waals surface area contributed by atoms with Gasteiger partial charge in [0.25, 0.3) is 0 Å². The Kier molecular flexibility index (Phi) is 5.05. The Labute approximate surface area is 189 Å². The van der Waals surface area contributed by atoms with E-state index in [2.05, 4.69) is 20.6 Å². The molecule has 5 aromatic rings. The Hall–Kier alpha value is -3.85. The summed E-state index contributed by atoms with van der Waals surface area (Å²) in [6, 6.07) is 18.7. The van der Waals surface area contributed by atoms with E-state index < -0.39 is 9.84 Å². The summed E-state index contributed by atoms with van der Waals surface area (Å²) >= 11 is 0. The lowest BCUT2D eigenvalue weighted by atomic mass is 10.2. The van der Waals surface area contributed by atoms with E-state index >= 15 is 0 Å². The molecular formula is C24H20FN5O2S. The summed E-state index contributed by atoms with van der Waals surface area (Å²) in [5.41, 5.74) is 3.26. The standard InChI is InChI=1S/C24H20FN5O2S/c1-15-7-12-21(16(2)13-15)33(31,32)24-23-27-22(26-14-17-8-10-18(25)11-9-17)19-5-3-4-6-20(19)30(23)29-28-24/h3-13H,14H2,1-2H3,(H,26,27). The van der Waals surface area contributed by atoms with Gasteiger partial charge in [0.05, 0.1) is 10.4 Å². The van der Waals surface area contributed by atoms with Crippen LogP contribution in [0.5, 0.6) is 0 Å². The number of nitrogens with zero attached hydrogens (tertiary/aromatic N) is 4. The second-order valence-corrected chi connectivity index (χ2v) is 9.69. The van der Waals surface area contributed by atoms with E-state index in [1.165, 1.54) is 16.6 Å². The molecule has 0 saturated carbocycles. The van der Waals surface area contributed by atoms with Crippen molar-refractivity contribution in [1.29, 1.82) is 0 Å². The maximum absolute atomic E-state index is 13.5. The molecule has 0 saturated heterocycles. The topological polar surface area (TPSA) is 89.2 Å². The molecule has 9 heteroatoms. The van der Waals surface area contributed by atoms with Gasteiger partial charge in [0.1, 0.15) is 11.6 Å². The van der Waals surface area contributed by atoms with E-state index in [0.717, 1.165) is 16.5 Å². The van der Waals surface area contributed by atoms with Crippen LogP contribution >= 0.6 is 0 Å². The van der Waals surface area contributed by atoms with Crippen molar-refractivity contribution in [3.8, 4) is 0 Å². The van der Waals surface area contributed by atoms with Crippen molar-refractivity contribution in [2.75, 3.05) is 5.32 Å². The third kappa shape index (κ3) is 3.70. The van der Waals surface area contributed by atoms with E-state index in [9.17, 15) is 12.8 Å². The maximum Gasteiger partial charge on any atom is 0.229 e. The number of anilines is 1. The van der Waals surface area contributed by atoms with Crippen molar-refractivity contribution in [2.45, 2.75) is 30.3 Å². The molecular weight excluding hydrogens is 441 g/mol. The number of rotatable bonds is 5. The molecule has 33 heavy (non-hydrogen) atoms. The summed E-state index contributed by atoms with van der Waals surface area (Å²) in [6.07, 6.45) is 0. The van der Waals surface area contributed by atoms with Gasteiger partial charge in [-0.2, -0.15) is 4.52 Å². The Morgan fingerprint density at radius 3 is 2.52 bits per heavy atom. The van der Waals surface area contributed by atoms with Crippen LogP contribution in [-0.2, 0) is 16.4 Å². The highest BCUT2D eigenvalue weighted by Gasteiger charge is 2.28. The van der Waals surface area contributed by atoms with Crippen LogP contribution in [-0.4, -0.2) is 28.2 Å². The molecule has 7 nitrogen and oxygen atoms in total. The van der Waals surface area contributed by atoms with Gasteiger partial charge in [0, 0.05) is 11.9 Å². The van der Waals surface area contributed by atoms with Gasteiger partial charge in [0.2, 0.25) is 14.9 Å². The molecule has 0 atom stereocenters. The summed E-state index contributed by atoms with van der Waals surface area (Å²) in [6.45, 7) is 4.04. The number of aromatic nitrogens is 4. The van der Waals surface area contributed by atoms with Gasteiger partial charge in [-0.3, -0.25) is 0 Å². The van der Waals surface area contributed by atoms with Crippen LogP contribution in [0.25, 0.3) is 16.6 Å². The molecule has 0 aliphatic carbocycles. The smallest absolute Gasteiger partial charge is 0.229 e. The highest BCUT2D eigenvalue weighted by molar-refractivity contribution is 7.91. The van der Waals surface area contributed by atoms with Crippen LogP contribution in [0, 0.1) is 19.7 Å². The largest absolute Gasteiger partial charge is 0.365 e. The summed E-state index contributed by atoms with van der Waals surface area (Å²) in [4.78, 5) is 4.78. The van der Waals surface area contributed by atoms with Crippen molar-refractivity contribution >= 4 is 32.2 Å². The third-order valence-corrected chi connectivity index (χ3v) is 7.28. The second-order valence-electron chi connectivity index (χ2n) is 7.86. The van der Waals surface area contributed by atoms with Crippen LogP contribution in [0.1, 0.15) is 16.7 Å². The fourth-order valence-corrected chi connectivity index (χ4v) is 5.30. The van der Waals surface area contributed by atoms with Gasteiger partial charge in [0.15, 0.2) is 5.65 Å². The first-order valence-electron chi connectivity index (χ1n) is 10.3. The first kappa shape index (κ1) is 21.0. The number of aryl methyl sites for hydroxylation is 2. The fourth-order valence-electron chi connectivity index (χ4n) is 3.85. The molecule has 0 aliphatic rings. The van der Waals surface area contributed by atoms with Crippen LogP contribution in [0.4, 0.5) is 10.2 Å². The molecule has 3 aromatic carbocycles. The SMILES string of the molecule is Cc1ccc(S(=O)(=O)c2nnn3c2nc(NCc2ccc(F)cc2)c2ccccc23)c(C)c1. The summed E-state index contributed by atoms with van der Waals surface area (Å²) in [5.74, 6) is 0.178. The average Bonchev–Trinajstić information content (AvgIpc) is 3.23. The lowest BCUT2D eigenvalue weighted by Gasteiger charge is -2.11. The molecule has 5 rings (SSSR count). The van der Waals surface area contributed by atoms with E-state index in [1.807, 2.05) is 37.3 Å². The van der Waals surface area contributed by atoms with Crippen molar-refractivity contribution in [2.24, 2.45) is 0 Å². The monoisotopic (exact) mass is 461 g/mol. The zero-order valence-corrected chi connectivity index (χ0v) is 18.8. The van der Waals surface area contributed by atoms with Crippen molar-refractivity contribution in [1.82, 2.24) is 19.8 Å². The lowest BCUT2D eigenvalue weighted by molar-refractivity contribution is 0.592. The maximum atomic E-state index is 13.5. The number of fused-ring (bicyclic) bond motifs is 3. The Morgan fingerprint density at radius 2 is 1.76 bits per heavy atom.